The van der Waals surface area contributed by atoms with Gasteiger partial charge in [-0.05, 0) is 24.3 Å². The van der Waals surface area contributed by atoms with Crippen molar-refractivity contribution in [2.45, 2.75) is 17.3 Å². The Labute approximate surface area is 118 Å². The van der Waals surface area contributed by atoms with Crippen molar-refractivity contribution < 1.29 is 17.9 Å². The lowest BCUT2D eigenvalue weighted by Crippen LogP contribution is -2.03. The summed E-state index contributed by atoms with van der Waals surface area (Å²) in [5, 5.41) is 0. The molecule has 0 bridgehead atoms. The van der Waals surface area contributed by atoms with E-state index in [-0.39, 0.29) is 5.75 Å². The SMILES string of the molecule is Nc1cc(F)cc(SCc2ccccc2OC(F)F)c1. The highest BCUT2D eigenvalue weighted by molar-refractivity contribution is 7.98. The van der Waals surface area contributed by atoms with Gasteiger partial charge in [0.15, 0.2) is 0 Å². The quantitative estimate of drug-likeness (QED) is 0.660. The molecule has 0 saturated carbocycles. The third-order valence-electron chi connectivity index (χ3n) is 2.48. The molecule has 2 N–H and O–H groups in total. The van der Waals surface area contributed by atoms with Gasteiger partial charge in [0.2, 0.25) is 0 Å². The first-order valence-corrected chi connectivity index (χ1v) is 6.75. The number of anilines is 1. The smallest absolute Gasteiger partial charge is 0.387 e. The van der Waals surface area contributed by atoms with Gasteiger partial charge in [0.25, 0.3) is 0 Å². The van der Waals surface area contributed by atoms with Crippen LogP contribution in [-0.2, 0) is 5.75 Å². The first kappa shape index (κ1) is 14.6. The third-order valence-corrected chi connectivity index (χ3v) is 3.50. The Morgan fingerprint density at radius 3 is 2.60 bits per heavy atom. The van der Waals surface area contributed by atoms with Crippen molar-refractivity contribution in [3.63, 3.8) is 0 Å². The predicted molar refractivity (Wildman–Crippen MR) is 73.4 cm³/mol. The molecule has 0 saturated heterocycles. The van der Waals surface area contributed by atoms with E-state index < -0.39 is 12.4 Å². The number of para-hydroxylation sites is 1. The van der Waals surface area contributed by atoms with E-state index in [2.05, 4.69) is 4.74 Å². The monoisotopic (exact) mass is 299 g/mol. The van der Waals surface area contributed by atoms with E-state index in [9.17, 15) is 13.2 Å². The molecule has 0 atom stereocenters. The average Bonchev–Trinajstić information content (AvgIpc) is 2.36. The summed E-state index contributed by atoms with van der Waals surface area (Å²) in [4.78, 5) is 0.634. The molecule has 20 heavy (non-hydrogen) atoms. The second-order valence-corrected chi connectivity index (χ2v) is 5.04. The number of thioether (sulfide) groups is 1. The summed E-state index contributed by atoms with van der Waals surface area (Å²) >= 11 is 1.30. The molecule has 0 radical (unpaired) electrons. The maximum absolute atomic E-state index is 13.2. The van der Waals surface area contributed by atoms with Gasteiger partial charge in [-0.1, -0.05) is 18.2 Å². The normalized spacial score (nSPS) is 10.8. The molecule has 0 aliphatic rings. The van der Waals surface area contributed by atoms with Crippen LogP contribution in [0.2, 0.25) is 0 Å². The first-order chi connectivity index (χ1) is 9.54. The molecule has 2 nitrogen and oxygen atoms in total. The molecule has 0 heterocycles. The Morgan fingerprint density at radius 2 is 1.90 bits per heavy atom. The van der Waals surface area contributed by atoms with Crippen LogP contribution in [0.15, 0.2) is 47.4 Å². The van der Waals surface area contributed by atoms with Crippen molar-refractivity contribution in [2.75, 3.05) is 5.73 Å². The lowest BCUT2D eigenvalue weighted by Gasteiger charge is -2.10. The number of nitrogens with two attached hydrogens (primary N) is 1. The van der Waals surface area contributed by atoms with Crippen molar-refractivity contribution in [3.05, 3.63) is 53.8 Å². The lowest BCUT2D eigenvalue weighted by atomic mass is 10.2. The zero-order valence-corrected chi connectivity index (χ0v) is 11.2. The fourth-order valence-electron chi connectivity index (χ4n) is 1.66. The van der Waals surface area contributed by atoms with Gasteiger partial charge in [-0.2, -0.15) is 8.78 Å². The zero-order chi connectivity index (χ0) is 14.5. The Hall–Kier alpha value is -1.82. The van der Waals surface area contributed by atoms with Gasteiger partial charge in [0, 0.05) is 21.9 Å². The van der Waals surface area contributed by atoms with Gasteiger partial charge < -0.3 is 10.5 Å². The maximum atomic E-state index is 13.2. The van der Waals surface area contributed by atoms with Gasteiger partial charge in [0.1, 0.15) is 11.6 Å². The molecule has 6 heteroatoms. The Bertz CT molecular complexity index is 572. The van der Waals surface area contributed by atoms with Gasteiger partial charge in [-0.15, -0.1) is 11.8 Å². The van der Waals surface area contributed by atoms with Crippen molar-refractivity contribution >= 4 is 17.4 Å². The van der Waals surface area contributed by atoms with Crippen LogP contribution in [0, 0.1) is 5.82 Å². The standard InChI is InChI=1S/C14H12F3NOS/c15-10-5-11(18)7-12(6-10)20-8-9-3-1-2-4-13(9)19-14(16)17/h1-7,14H,8,18H2. The Balaban J connectivity index is 2.10. The van der Waals surface area contributed by atoms with E-state index in [1.807, 2.05) is 0 Å². The number of nitrogen functional groups attached to an aromatic ring is 1. The van der Waals surface area contributed by atoms with E-state index in [0.29, 0.717) is 21.9 Å². The molecule has 0 unspecified atom stereocenters. The van der Waals surface area contributed by atoms with Crippen molar-refractivity contribution in [1.82, 2.24) is 0 Å². The minimum Gasteiger partial charge on any atom is -0.435 e. The number of alkyl halides is 2. The van der Waals surface area contributed by atoms with E-state index >= 15 is 0 Å². The van der Waals surface area contributed by atoms with Gasteiger partial charge >= 0.3 is 6.61 Å². The molecular weight excluding hydrogens is 287 g/mol. The van der Waals surface area contributed by atoms with Crippen LogP contribution in [0.25, 0.3) is 0 Å². The number of halogens is 3. The number of ether oxygens (including phenoxy) is 1. The molecule has 0 amide bonds. The summed E-state index contributed by atoms with van der Waals surface area (Å²) in [5.41, 5.74) is 6.48. The molecule has 2 aromatic rings. The highest BCUT2D eigenvalue weighted by atomic mass is 32.2. The van der Waals surface area contributed by atoms with Crippen molar-refractivity contribution in [3.8, 4) is 5.75 Å². The Morgan fingerprint density at radius 1 is 1.15 bits per heavy atom. The fraction of sp³-hybridized carbons (Fsp3) is 0.143. The molecular formula is C14H12F3NOS. The number of rotatable bonds is 5. The predicted octanol–water partition coefficient (Wildman–Crippen LogP) is 4.30. The molecule has 2 aromatic carbocycles. The number of benzene rings is 2. The average molecular weight is 299 g/mol. The Kier molecular flexibility index (Phi) is 4.79. The minimum absolute atomic E-state index is 0.124. The number of hydrogen-bond acceptors (Lipinski definition) is 3. The second kappa shape index (κ2) is 6.56. The van der Waals surface area contributed by atoms with Crippen LogP contribution in [0.1, 0.15) is 5.56 Å². The zero-order valence-electron chi connectivity index (χ0n) is 10.4. The maximum Gasteiger partial charge on any atom is 0.387 e. The van der Waals surface area contributed by atoms with Crippen molar-refractivity contribution in [1.29, 1.82) is 0 Å². The van der Waals surface area contributed by atoms with Crippen LogP contribution in [-0.4, -0.2) is 6.61 Å². The molecule has 0 fully saturated rings. The summed E-state index contributed by atoms with van der Waals surface area (Å²) < 4.78 is 42.2. The fourth-order valence-corrected chi connectivity index (χ4v) is 2.64. The topological polar surface area (TPSA) is 35.2 Å². The lowest BCUT2D eigenvalue weighted by molar-refractivity contribution is -0.0503. The summed E-state index contributed by atoms with van der Waals surface area (Å²) in [6.07, 6.45) is 0. The van der Waals surface area contributed by atoms with Crippen LogP contribution in [0.5, 0.6) is 5.75 Å². The van der Waals surface area contributed by atoms with Crippen LogP contribution in [0.3, 0.4) is 0 Å². The molecule has 0 aliphatic carbocycles. The molecule has 0 spiro atoms. The van der Waals surface area contributed by atoms with Crippen LogP contribution >= 0.6 is 11.8 Å². The van der Waals surface area contributed by atoms with Gasteiger partial charge in [0.05, 0.1) is 0 Å². The minimum atomic E-state index is -2.87. The molecule has 0 aliphatic heterocycles. The van der Waals surface area contributed by atoms with Crippen LogP contribution in [0.4, 0.5) is 18.9 Å². The van der Waals surface area contributed by atoms with E-state index in [1.165, 1.54) is 30.0 Å². The highest BCUT2D eigenvalue weighted by Gasteiger charge is 2.09. The summed E-state index contributed by atoms with van der Waals surface area (Å²) in [6.45, 7) is -2.87. The van der Waals surface area contributed by atoms with E-state index in [4.69, 9.17) is 5.73 Å². The first-order valence-electron chi connectivity index (χ1n) is 5.76. The van der Waals surface area contributed by atoms with Gasteiger partial charge in [-0.3, -0.25) is 0 Å². The summed E-state index contributed by atoms with van der Waals surface area (Å²) in [7, 11) is 0. The highest BCUT2D eigenvalue weighted by Crippen LogP contribution is 2.30. The van der Waals surface area contributed by atoms with Gasteiger partial charge in [-0.25, -0.2) is 4.39 Å². The molecule has 0 aromatic heterocycles. The summed E-state index contributed by atoms with van der Waals surface area (Å²) in [6, 6.07) is 10.7. The van der Waals surface area contributed by atoms with E-state index in [1.54, 1.807) is 24.3 Å². The number of hydrogen-bond donors (Lipinski definition) is 1. The molecule has 106 valence electrons. The van der Waals surface area contributed by atoms with E-state index in [0.717, 1.165) is 0 Å². The molecule has 2 rings (SSSR count). The third kappa shape index (κ3) is 4.09. The van der Waals surface area contributed by atoms with Crippen LogP contribution < -0.4 is 10.5 Å². The van der Waals surface area contributed by atoms with Crippen molar-refractivity contribution in [2.24, 2.45) is 0 Å². The second-order valence-electron chi connectivity index (χ2n) is 4.00. The summed E-state index contributed by atoms with van der Waals surface area (Å²) in [5.74, 6) is 0.0789. The largest absolute Gasteiger partial charge is 0.435 e.